The molecule has 0 spiro atoms. The predicted molar refractivity (Wildman–Crippen MR) is 99.4 cm³/mol. The minimum atomic E-state index is -0.211. The van der Waals surface area contributed by atoms with Crippen LogP contribution < -0.4 is 5.32 Å². The van der Waals surface area contributed by atoms with Crippen LogP contribution in [-0.2, 0) is 11.2 Å². The van der Waals surface area contributed by atoms with Crippen molar-refractivity contribution in [3.63, 3.8) is 0 Å². The van der Waals surface area contributed by atoms with E-state index in [9.17, 15) is 9.59 Å². The first kappa shape index (κ1) is 16.8. The van der Waals surface area contributed by atoms with Crippen molar-refractivity contribution in [3.05, 3.63) is 57.6 Å². The van der Waals surface area contributed by atoms with Crippen LogP contribution in [0.1, 0.15) is 41.0 Å². The Balaban J connectivity index is 1.50. The molecule has 0 saturated carbocycles. The number of amides is 2. The van der Waals surface area contributed by atoms with Gasteiger partial charge in [0.05, 0.1) is 6.04 Å². The molecule has 1 atom stereocenters. The Morgan fingerprint density at radius 1 is 1.27 bits per heavy atom. The smallest absolute Gasteiger partial charge is 0.291 e. The monoisotopic (exact) mass is 366 g/mol. The Morgan fingerprint density at radius 3 is 3.00 bits per heavy atom. The number of carbonyl (C=O) groups is 2. The molecule has 0 fully saturated rings. The van der Waals surface area contributed by atoms with E-state index < -0.39 is 0 Å². The number of anilines is 1. The van der Waals surface area contributed by atoms with E-state index in [1.165, 1.54) is 11.3 Å². The number of carbonyl (C=O) groups excluding carboxylic acids is 2. The zero-order chi connectivity index (χ0) is 17.9. The molecule has 1 aliphatic carbocycles. The van der Waals surface area contributed by atoms with E-state index in [0.717, 1.165) is 48.1 Å². The van der Waals surface area contributed by atoms with Crippen molar-refractivity contribution >= 4 is 28.8 Å². The first-order valence-corrected chi connectivity index (χ1v) is 9.55. The zero-order valence-electron chi connectivity index (χ0n) is 14.1. The molecule has 4 rings (SSSR count). The highest BCUT2D eigenvalue weighted by Crippen LogP contribution is 2.33. The molecule has 2 heterocycles. The van der Waals surface area contributed by atoms with Crippen LogP contribution in [-0.4, -0.2) is 22.8 Å². The minimum absolute atomic E-state index is 0.0760. The van der Waals surface area contributed by atoms with E-state index in [2.05, 4.69) is 20.5 Å². The molecule has 2 amide bonds. The van der Waals surface area contributed by atoms with Gasteiger partial charge >= 0.3 is 0 Å². The summed E-state index contributed by atoms with van der Waals surface area (Å²) in [5.74, 6) is -0.377. The summed E-state index contributed by atoms with van der Waals surface area (Å²) in [5, 5.41) is 13.2. The number of aromatic nitrogens is 1. The lowest BCUT2D eigenvalue weighted by Crippen LogP contribution is -2.23. The van der Waals surface area contributed by atoms with Gasteiger partial charge in [0.15, 0.2) is 5.01 Å². The third kappa shape index (κ3) is 3.48. The van der Waals surface area contributed by atoms with Crippen LogP contribution in [0.25, 0.3) is 0 Å². The molecule has 132 valence electrons. The second-order valence-electron chi connectivity index (χ2n) is 6.44. The molecule has 0 saturated heterocycles. The molecule has 1 N–H and O–H groups in total. The van der Waals surface area contributed by atoms with Gasteiger partial charge in [-0.3, -0.25) is 9.59 Å². The average molecular weight is 366 g/mol. The minimum Gasteiger partial charge on any atom is -0.320 e. The van der Waals surface area contributed by atoms with E-state index in [0.29, 0.717) is 11.4 Å². The van der Waals surface area contributed by atoms with Crippen molar-refractivity contribution in [2.45, 2.75) is 38.1 Å². The SMILES string of the molecule is O=C1N=NC(Cc2cccc(NC(=O)c3nccs3)c2)C2=C1CCCC2. The lowest BCUT2D eigenvalue weighted by Gasteiger charge is -2.25. The van der Waals surface area contributed by atoms with Gasteiger partial charge in [-0.1, -0.05) is 12.1 Å². The molecule has 2 aromatic rings. The Bertz CT molecular complexity index is 902. The van der Waals surface area contributed by atoms with Crippen LogP contribution in [0.15, 0.2) is 57.2 Å². The van der Waals surface area contributed by atoms with Crippen molar-refractivity contribution in [2.24, 2.45) is 10.2 Å². The van der Waals surface area contributed by atoms with E-state index >= 15 is 0 Å². The van der Waals surface area contributed by atoms with Crippen molar-refractivity contribution in [1.29, 1.82) is 0 Å². The van der Waals surface area contributed by atoms with Gasteiger partial charge < -0.3 is 5.32 Å². The molecular formula is C19H18N4O2S. The van der Waals surface area contributed by atoms with E-state index in [4.69, 9.17) is 0 Å². The van der Waals surface area contributed by atoms with Crippen LogP contribution >= 0.6 is 11.3 Å². The molecule has 1 aliphatic heterocycles. The van der Waals surface area contributed by atoms with E-state index in [-0.39, 0.29) is 17.9 Å². The van der Waals surface area contributed by atoms with Gasteiger partial charge in [-0.15, -0.1) is 16.5 Å². The van der Waals surface area contributed by atoms with Crippen LogP contribution in [0.4, 0.5) is 5.69 Å². The summed E-state index contributed by atoms with van der Waals surface area (Å²) in [6.07, 6.45) is 6.17. The summed E-state index contributed by atoms with van der Waals surface area (Å²) in [6.45, 7) is 0. The van der Waals surface area contributed by atoms with Gasteiger partial charge in [0.1, 0.15) is 0 Å². The highest BCUT2D eigenvalue weighted by Gasteiger charge is 2.28. The Labute approximate surface area is 155 Å². The average Bonchev–Trinajstić information content (AvgIpc) is 3.20. The normalized spacial score (nSPS) is 19.4. The highest BCUT2D eigenvalue weighted by molar-refractivity contribution is 7.11. The molecule has 2 aliphatic rings. The number of hydrogen-bond acceptors (Lipinski definition) is 5. The Kier molecular flexibility index (Phi) is 4.71. The quantitative estimate of drug-likeness (QED) is 0.881. The van der Waals surface area contributed by atoms with Crippen LogP contribution in [0, 0.1) is 0 Å². The number of nitrogens with one attached hydrogen (secondary N) is 1. The number of nitrogens with zero attached hydrogens (tertiary/aromatic N) is 3. The number of thiazole rings is 1. The first-order valence-electron chi connectivity index (χ1n) is 8.67. The molecule has 0 bridgehead atoms. The van der Waals surface area contributed by atoms with Gasteiger partial charge in [0.2, 0.25) is 0 Å². The lowest BCUT2D eigenvalue weighted by molar-refractivity contribution is -0.115. The Morgan fingerprint density at radius 2 is 2.15 bits per heavy atom. The summed E-state index contributed by atoms with van der Waals surface area (Å²) < 4.78 is 0. The summed E-state index contributed by atoms with van der Waals surface area (Å²) in [4.78, 5) is 28.1. The predicted octanol–water partition coefficient (Wildman–Crippen LogP) is 4.17. The first-order chi connectivity index (χ1) is 12.7. The standard InChI is InChI=1S/C19H18N4O2S/c24-17-15-7-2-1-6-14(15)16(22-23-17)11-12-4-3-5-13(10-12)21-18(25)19-20-8-9-26-19/h3-5,8-10,16H,1-2,6-7,11H2,(H,21,25). The third-order valence-electron chi connectivity index (χ3n) is 4.70. The molecular weight excluding hydrogens is 348 g/mol. The van der Waals surface area contributed by atoms with Gasteiger partial charge in [0, 0.05) is 29.3 Å². The van der Waals surface area contributed by atoms with Gasteiger partial charge in [-0.25, -0.2) is 4.98 Å². The van der Waals surface area contributed by atoms with Crippen LogP contribution in [0.5, 0.6) is 0 Å². The molecule has 26 heavy (non-hydrogen) atoms. The van der Waals surface area contributed by atoms with Crippen molar-refractivity contribution in [2.75, 3.05) is 5.32 Å². The maximum atomic E-state index is 12.2. The van der Waals surface area contributed by atoms with E-state index in [1.807, 2.05) is 24.3 Å². The van der Waals surface area contributed by atoms with E-state index in [1.54, 1.807) is 11.6 Å². The van der Waals surface area contributed by atoms with Crippen LogP contribution in [0.2, 0.25) is 0 Å². The van der Waals surface area contributed by atoms with Gasteiger partial charge in [-0.05, 0) is 49.0 Å². The molecule has 0 radical (unpaired) electrons. The molecule has 6 nitrogen and oxygen atoms in total. The maximum absolute atomic E-state index is 12.2. The topological polar surface area (TPSA) is 83.8 Å². The Hall–Kier alpha value is -2.67. The molecule has 7 heteroatoms. The third-order valence-corrected chi connectivity index (χ3v) is 5.47. The summed E-state index contributed by atoms with van der Waals surface area (Å²) in [6, 6.07) is 7.64. The fraction of sp³-hybridized carbons (Fsp3) is 0.316. The summed E-state index contributed by atoms with van der Waals surface area (Å²) >= 11 is 1.31. The van der Waals surface area contributed by atoms with Crippen molar-refractivity contribution in [1.82, 2.24) is 4.98 Å². The summed E-state index contributed by atoms with van der Waals surface area (Å²) in [7, 11) is 0. The number of benzene rings is 1. The largest absolute Gasteiger partial charge is 0.320 e. The van der Waals surface area contributed by atoms with Crippen LogP contribution in [0.3, 0.4) is 0 Å². The van der Waals surface area contributed by atoms with Gasteiger partial charge in [0.25, 0.3) is 11.8 Å². The fourth-order valence-corrected chi connectivity index (χ4v) is 4.01. The lowest BCUT2D eigenvalue weighted by atomic mass is 9.84. The number of rotatable bonds is 4. The van der Waals surface area contributed by atoms with Crippen molar-refractivity contribution < 1.29 is 9.59 Å². The van der Waals surface area contributed by atoms with Crippen molar-refractivity contribution in [3.8, 4) is 0 Å². The highest BCUT2D eigenvalue weighted by atomic mass is 32.1. The zero-order valence-corrected chi connectivity index (χ0v) is 15.0. The summed E-state index contributed by atoms with van der Waals surface area (Å²) in [5.41, 5.74) is 3.79. The number of azo groups is 1. The molecule has 1 aromatic heterocycles. The van der Waals surface area contributed by atoms with Gasteiger partial charge in [-0.2, -0.15) is 5.11 Å². The maximum Gasteiger partial charge on any atom is 0.291 e. The second kappa shape index (κ2) is 7.29. The number of hydrogen-bond donors (Lipinski definition) is 1. The molecule has 1 unspecified atom stereocenters. The fourth-order valence-electron chi connectivity index (χ4n) is 3.48. The molecule has 1 aromatic carbocycles. The second-order valence-corrected chi connectivity index (χ2v) is 7.34.